The van der Waals surface area contributed by atoms with Crippen LogP contribution in [0.5, 0.6) is 17.2 Å². The van der Waals surface area contributed by atoms with Gasteiger partial charge in [0.15, 0.2) is 11.5 Å². The maximum Gasteiger partial charge on any atom is 0.231 e. The average Bonchev–Trinajstić information content (AvgIpc) is 2.74. The Morgan fingerprint density at radius 3 is 2.59 bits per heavy atom. The number of ether oxygens (including phenoxy) is 3. The summed E-state index contributed by atoms with van der Waals surface area (Å²) in [6, 6.07) is 3.93. The zero-order chi connectivity index (χ0) is 12.3. The minimum atomic E-state index is 0.305. The third-order valence-corrected chi connectivity index (χ3v) is 2.83. The van der Waals surface area contributed by atoms with Gasteiger partial charge in [-0.3, -0.25) is 0 Å². The second kappa shape index (κ2) is 5.27. The van der Waals surface area contributed by atoms with Gasteiger partial charge in [0.25, 0.3) is 0 Å². The van der Waals surface area contributed by atoms with Gasteiger partial charge in [-0.05, 0) is 45.1 Å². The highest BCUT2D eigenvalue weighted by Crippen LogP contribution is 2.38. The standard InChI is InChI=1S/C13H19NO3/c1-14(2)6-4-5-10-7-12-13(17-9-16-12)8-11(10)15-3/h7-8H,4-6,9H2,1-3H3. The maximum absolute atomic E-state index is 5.38. The second-order valence-electron chi connectivity index (χ2n) is 4.42. The summed E-state index contributed by atoms with van der Waals surface area (Å²) in [4.78, 5) is 2.18. The van der Waals surface area contributed by atoms with Crippen LogP contribution in [0.15, 0.2) is 12.1 Å². The lowest BCUT2D eigenvalue weighted by molar-refractivity contribution is 0.174. The number of benzene rings is 1. The van der Waals surface area contributed by atoms with Crippen molar-refractivity contribution >= 4 is 0 Å². The summed E-state index contributed by atoms with van der Waals surface area (Å²) < 4.78 is 16.1. The van der Waals surface area contributed by atoms with Crippen LogP contribution in [0.3, 0.4) is 0 Å². The molecule has 4 nitrogen and oxygen atoms in total. The Bertz CT molecular complexity index is 390. The Morgan fingerprint density at radius 1 is 1.24 bits per heavy atom. The molecule has 0 amide bonds. The molecule has 0 spiro atoms. The third-order valence-electron chi connectivity index (χ3n) is 2.83. The highest BCUT2D eigenvalue weighted by Gasteiger charge is 2.17. The Hall–Kier alpha value is -1.42. The van der Waals surface area contributed by atoms with Gasteiger partial charge < -0.3 is 19.1 Å². The fourth-order valence-electron chi connectivity index (χ4n) is 1.94. The first-order valence-electron chi connectivity index (χ1n) is 5.82. The number of fused-ring (bicyclic) bond motifs is 1. The highest BCUT2D eigenvalue weighted by molar-refractivity contribution is 5.51. The molecule has 17 heavy (non-hydrogen) atoms. The van der Waals surface area contributed by atoms with Gasteiger partial charge in [-0.1, -0.05) is 0 Å². The second-order valence-corrected chi connectivity index (χ2v) is 4.42. The SMILES string of the molecule is COc1cc2c(cc1CCCN(C)C)OCO2. The molecule has 94 valence electrons. The van der Waals surface area contributed by atoms with E-state index in [4.69, 9.17) is 14.2 Å². The topological polar surface area (TPSA) is 30.9 Å². The molecule has 0 saturated heterocycles. The zero-order valence-electron chi connectivity index (χ0n) is 10.7. The number of rotatable bonds is 5. The van der Waals surface area contributed by atoms with Crippen LogP contribution in [0.4, 0.5) is 0 Å². The van der Waals surface area contributed by atoms with Crippen LogP contribution >= 0.6 is 0 Å². The first kappa shape index (κ1) is 12.0. The maximum atomic E-state index is 5.38. The summed E-state index contributed by atoms with van der Waals surface area (Å²) in [7, 11) is 5.85. The normalized spacial score (nSPS) is 13.2. The van der Waals surface area contributed by atoms with Gasteiger partial charge in [-0.15, -0.1) is 0 Å². The van der Waals surface area contributed by atoms with E-state index in [-0.39, 0.29) is 0 Å². The van der Waals surface area contributed by atoms with E-state index in [2.05, 4.69) is 19.0 Å². The van der Waals surface area contributed by atoms with Gasteiger partial charge in [0.1, 0.15) is 5.75 Å². The van der Waals surface area contributed by atoms with Crippen LogP contribution < -0.4 is 14.2 Å². The van der Waals surface area contributed by atoms with E-state index in [1.807, 2.05) is 12.1 Å². The monoisotopic (exact) mass is 237 g/mol. The quantitative estimate of drug-likeness (QED) is 0.783. The molecule has 1 aromatic carbocycles. The lowest BCUT2D eigenvalue weighted by Crippen LogP contribution is -2.13. The molecule has 0 unspecified atom stereocenters. The van der Waals surface area contributed by atoms with E-state index in [0.717, 1.165) is 36.6 Å². The van der Waals surface area contributed by atoms with Crippen LogP contribution in [0, 0.1) is 0 Å². The molecule has 0 radical (unpaired) electrons. The summed E-state index contributed by atoms with van der Waals surface area (Å²) in [6.45, 7) is 1.37. The molecule has 0 aliphatic carbocycles. The Labute approximate surface area is 102 Å². The summed E-state index contributed by atoms with van der Waals surface area (Å²) in [5.74, 6) is 2.48. The molecule has 1 heterocycles. The average molecular weight is 237 g/mol. The number of aryl methyl sites for hydroxylation is 1. The van der Waals surface area contributed by atoms with Gasteiger partial charge >= 0.3 is 0 Å². The molecule has 0 atom stereocenters. The molecule has 1 aliphatic heterocycles. The van der Waals surface area contributed by atoms with Crippen molar-refractivity contribution in [1.82, 2.24) is 4.90 Å². The van der Waals surface area contributed by atoms with Crippen molar-refractivity contribution in [2.24, 2.45) is 0 Å². The third kappa shape index (κ3) is 2.82. The number of hydrogen-bond donors (Lipinski definition) is 0. The molecule has 2 rings (SSSR count). The van der Waals surface area contributed by atoms with Gasteiger partial charge in [0.05, 0.1) is 7.11 Å². The van der Waals surface area contributed by atoms with Crippen molar-refractivity contribution in [3.8, 4) is 17.2 Å². The van der Waals surface area contributed by atoms with Gasteiger partial charge in [-0.2, -0.15) is 0 Å². The van der Waals surface area contributed by atoms with Crippen molar-refractivity contribution in [1.29, 1.82) is 0 Å². The molecule has 0 bridgehead atoms. The summed E-state index contributed by atoms with van der Waals surface area (Å²) in [5.41, 5.74) is 1.18. The van der Waals surface area contributed by atoms with Crippen molar-refractivity contribution in [2.75, 3.05) is 34.5 Å². The van der Waals surface area contributed by atoms with E-state index in [1.54, 1.807) is 7.11 Å². The van der Waals surface area contributed by atoms with Crippen LogP contribution in [0.1, 0.15) is 12.0 Å². The summed E-state index contributed by atoms with van der Waals surface area (Å²) in [5, 5.41) is 0. The Morgan fingerprint density at radius 2 is 1.94 bits per heavy atom. The van der Waals surface area contributed by atoms with E-state index < -0.39 is 0 Å². The van der Waals surface area contributed by atoms with Gasteiger partial charge in [-0.25, -0.2) is 0 Å². The largest absolute Gasteiger partial charge is 0.496 e. The molecule has 0 saturated carbocycles. The lowest BCUT2D eigenvalue weighted by Gasteiger charge is -2.12. The Balaban J connectivity index is 2.09. The molecule has 0 aromatic heterocycles. The Kier molecular flexibility index (Phi) is 3.74. The molecule has 1 aromatic rings. The predicted octanol–water partition coefficient (Wildman–Crippen LogP) is 1.92. The number of hydrogen-bond acceptors (Lipinski definition) is 4. The first-order chi connectivity index (χ1) is 8.20. The van der Waals surface area contributed by atoms with E-state index in [9.17, 15) is 0 Å². The van der Waals surface area contributed by atoms with Crippen molar-refractivity contribution in [3.05, 3.63) is 17.7 Å². The summed E-state index contributed by atoms with van der Waals surface area (Å²) in [6.07, 6.45) is 2.08. The lowest BCUT2D eigenvalue weighted by atomic mass is 10.1. The van der Waals surface area contributed by atoms with E-state index >= 15 is 0 Å². The van der Waals surface area contributed by atoms with Crippen LogP contribution in [0.25, 0.3) is 0 Å². The molecule has 4 heteroatoms. The molecular formula is C13H19NO3. The zero-order valence-corrected chi connectivity index (χ0v) is 10.7. The highest BCUT2D eigenvalue weighted by atomic mass is 16.7. The fraction of sp³-hybridized carbons (Fsp3) is 0.538. The predicted molar refractivity (Wildman–Crippen MR) is 66.0 cm³/mol. The van der Waals surface area contributed by atoms with Crippen molar-refractivity contribution in [2.45, 2.75) is 12.8 Å². The van der Waals surface area contributed by atoms with Crippen LogP contribution in [0.2, 0.25) is 0 Å². The fourth-order valence-corrected chi connectivity index (χ4v) is 1.94. The van der Waals surface area contributed by atoms with Gasteiger partial charge in [0, 0.05) is 6.07 Å². The minimum Gasteiger partial charge on any atom is -0.496 e. The van der Waals surface area contributed by atoms with Crippen LogP contribution in [-0.2, 0) is 6.42 Å². The van der Waals surface area contributed by atoms with E-state index in [0.29, 0.717) is 6.79 Å². The van der Waals surface area contributed by atoms with Crippen molar-refractivity contribution < 1.29 is 14.2 Å². The minimum absolute atomic E-state index is 0.305. The molecule has 0 fully saturated rings. The smallest absolute Gasteiger partial charge is 0.231 e. The summed E-state index contributed by atoms with van der Waals surface area (Å²) >= 11 is 0. The molecule has 1 aliphatic rings. The van der Waals surface area contributed by atoms with Gasteiger partial charge in [0.2, 0.25) is 6.79 Å². The van der Waals surface area contributed by atoms with E-state index in [1.165, 1.54) is 5.56 Å². The van der Waals surface area contributed by atoms with Crippen molar-refractivity contribution in [3.63, 3.8) is 0 Å². The van der Waals surface area contributed by atoms with Crippen LogP contribution in [-0.4, -0.2) is 39.4 Å². The first-order valence-corrected chi connectivity index (χ1v) is 5.82. The number of methoxy groups -OCH3 is 1. The number of nitrogens with zero attached hydrogens (tertiary/aromatic N) is 1. The molecular weight excluding hydrogens is 218 g/mol. The molecule has 0 N–H and O–H groups in total.